The van der Waals surface area contributed by atoms with Crippen molar-refractivity contribution in [1.82, 2.24) is 4.57 Å². The van der Waals surface area contributed by atoms with Crippen LogP contribution in [-0.2, 0) is 0 Å². The van der Waals surface area contributed by atoms with Crippen molar-refractivity contribution in [3.63, 3.8) is 0 Å². The maximum absolute atomic E-state index is 5.93. The third-order valence-electron chi connectivity index (χ3n) is 10.6. The van der Waals surface area contributed by atoms with Crippen LogP contribution in [0.2, 0.25) is 0 Å². The fourth-order valence-corrected chi connectivity index (χ4v) is 9.66. The Morgan fingerprint density at radius 1 is 0.840 bits per heavy atom. The molecule has 50 heavy (non-hydrogen) atoms. The molecule has 4 aliphatic rings. The highest BCUT2D eigenvalue weighted by molar-refractivity contribution is 8.03. The lowest BCUT2D eigenvalue weighted by Gasteiger charge is -2.24. The van der Waals surface area contributed by atoms with Gasteiger partial charge in [0.25, 0.3) is 0 Å². The molecule has 0 saturated carbocycles. The molecule has 1 aliphatic heterocycles. The summed E-state index contributed by atoms with van der Waals surface area (Å²) in [5.74, 6) is 0.941. The molecule has 0 bridgehead atoms. The van der Waals surface area contributed by atoms with Crippen LogP contribution >= 0.6 is 11.8 Å². The molecule has 0 amide bonds. The fraction of sp³-hybridized carbons (Fsp3) is 0.152. The molecule has 0 spiro atoms. The van der Waals surface area contributed by atoms with Crippen LogP contribution in [0.3, 0.4) is 0 Å². The van der Waals surface area contributed by atoms with Crippen molar-refractivity contribution in [2.75, 3.05) is 0 Å². The largest absolute Gasteiger partial charge is 0.405 e. The number of hydrogen-bond donors (Lipinski definition) is 1. The first-order valence-electron chi connectivity index (χ1n) is 17.7. The summed E-state index contributed by atoms with van der Waals surface area (Å²) < 4.78 is 2.44. The number of aliphatic imine (C=N–C) groups is 1. The summed E-state index contributed by atoms with van der Waals surface area (Å²) in [5.41, 5.74) is 18.6. The lowest BCUT2D eigenvalue weighted by Crippen LogP contribution is -2.12. The molecule has 0 radical (unpaired) electrons. The smallest absolute Gasteiger partial charge is 0.0947 e. The second-order valence-electron chi connectivity index (χ2n) is 13.5. The minimum absolute atomic E-state index is 0.185. The number of benzene rings is 4. The Morgan fingerprint density at radius 3 is 2.56 bits per heavy atom. The highest BCUT2D eigenvalue weighted by Gasteiger charge is 2.40. The lowest BCUT2D eigenvalue weighted by molar-refractivity contribution is 0.699. The van der Waals surface area contributed by atoms with Gasteiger partial charge in [0.05, 0.1) is 17.3 Å². The van der Waals surface area contributed by atoms with E-state index in [1.807, 2.05) is 12.3 Å². The van der Waals surface area contributed by atoms with E-state index in [4.69, 9.17) is 10.7 Å². The third-order valence-corrected chi connectivity index (χ3v) is 12.0. The van der Waals surface area contributed by atoms with Crippen LogP contribution in [0, 0.1) is 5.92 Å². The predicted octanol–water partition coefficient (Wildman–Crippen LogP) is 11.6. The van der Waals surface area contributed by atoms with Crippen molar-refractivity contribution in [1.29, 1.82) is 0 Å². The number of nitrogens with zero attached hydrogens (tertiary/aromatic N) is 2. The normalized spacial score (nSPS) is 21.3. The van der Waals surface area contributed by atoms with Gasteiger partial charge in [-0.1, -0.05) is 115 Å². The lowest BCUT2D eigenvalue weighted by atomic mass is 9.83. The van der Waals surface area contributed by atoms with E-state index in [-0.39, 0.29) is 6.04 Å². The Kier molecular flexibility index (Phi) is 8.10. The monoisotopic (exact) mass is 665 g/mol. The standard InChI is InChI=1S/C46H39N3S/c47-28-27-41(36-12-8-11-35(29-36)34-21-19-33(20-22-34)32-9-2-1-3-10-32)48-30-31-17-23-37(24-18-31)49-42-15-6-4-14-40(42)45-43(49)26-25-39-38-13-5-7-16-44(38)50-46(39)45/h1-4,6-9,11-12,14-30,32,39,41,46H,5,10,13,47H2/b28-27-,48-30+. The Hall–Kier alpha value is -5.32. The first-order chi connectivity index (χ1) is 24.7. The first kappa shape index (κ1) is 30.7. The van der Waals surface area contributed by atoms with E-state index in [1.54, 1.807) is 11.8 Å². The van der Waals surface area contributed by atoms with Crippen molar-refractivity contribution < 1.29 is 0 Å². The van der Waals surface area contributed by atoms with E-state index in [0.29, 0.717) is 17.1 Å². The number of para-hydroxylation sites is 1. The maximum atomic E-state index is 5.93. The van der Waals surface area contributed by atoms with Gasteiger partial charge in [0.1, 0.15) is 0 Å². The van der Waals surface area contributed by atoms with Crippen molar-refractivity contribution in [3.8, 4) is 16.8 Å². The number of fused-ring (bicyclic) bond motifs is 6. The van der Waals surface area contributed by atoms with Gasteiger partial charge in [-0.05, 0) is 101 Å². The SMILES string of the molecule is N/C=C\C(/N=C/c1ccc(-n2c3c(c4ccccc42)C2SC4=C(CCC=C4)C2C=C3)cc1)c1cccc(-c2ccc(C3C=CC=CC3)cc2)c1. The number of rotatable bonds is 7. The van der Waals surface area contributed by atoms with E-state index < -0.39 is 0 Å². The molecule has 0 saturated heterocycles. The molecular formula is C46H39N3S. The molecule has 9 rings (SSSR count). The zero-order valence-corrected chi connectivity index (χ0v) is 28.7. The third kappa shape index (κ3) is 5.54. The highest BCUT2D eigenvalue weighted by atomic mass is 32.2. The van der Waals surface area contributed by atoms with E-state index in [0.717, 1.165) is 29.7 Å². The van der Waals surface area contributed by atoms with Gasteiger partial charge < -0.3 is 10.3 Å². The van der Waals surface area contributed by atoms with Crippen molar-refractivity contribution >= 4 is 35.0 Å². The number of allylic oxidation sites excluding steroid dienone is 8. The minimum atomic E-state index is -0.185. The molecule has 4 atom stereocenters. The molecule has 1 aromatic heterocycles. The quantitative estimate of drug-likeness (QED) is 0.176. The van der Waals surface area contributed by atoms with Gasteiger partial charge in [-0.2, -0.15) is 0 Å². The Morgan fingerprint density at radius 2 is 1.72 bits per heavy atom. The Balaban J connectivity index is 0.974. The van der Waals surface area contributed by atoms with Crippen molar-refractivity contribution in [2.24, 2.45) is 16.6 Å². The topological polar surface area (TPSA) is 43.3 Å². The Labute approximate surface area is 298 Å². The molecular weight excluding hydrogens is 627 g/mol. The summed E-state index contributed by atoms with van der Waals surface area (Å²) in [6, 6.07) is 35.1. The number of thioether (sulfide) groups is 1. The van der Waals surface area contributed by atoms with Gasteiger partial charge in [0, 0.05) is 39.3 Å². The van der Waals surface area contributed by atoms with Crippen LogP contribution in [0.15, 0.2) is 167 Å². The van der Waals surface area contributed by atoms with Crippen LogP contribution < -0.4 is 5.73 Å². The fourth-order valence-electron chi connectivity index (χ4n) is 8.06. The molecule has 4 unspecified atom stereocenters. The van der Waals surface area contributed by atoms with E-state index in [2.05, 4.69) is 162 Å². The molecule has 3 aliphatic carbocycles. The zero-order valence-electron chi connectivity index (χ0n) is 27.9. The van der Waals surface area contributed by atoms with Gasteiger partial charge in [-0.15, -0.1) is 11.8 Å². The van der Waals surface area contributed by atoms with Gasteiger partial charge in [-0.25, -0.2) is 0 Å². The summed E-state index contributed by atoms with van der Waals surface area (Å²) in [4.78, 5) is 6.50. The first-order valence-corrected chi connectivity index (χ1v) is 18.6. The average Bonchev–Trinajstić information content (AvgIpc) is 3.73. The minimum Gasteiger partial charge on any atom is -0.405 e. The molecule has 2 heterocycles. The summed E-state index contributed by atoms with van der Waals surface area (Å²) in [6.45, 7) is 0. The van der Waals surface area contributed by atoms with E-state index in [1.165, 1.54) is 50.2 Å². The van der Waals surface area contributed by atoms with Crippen LogP contribution in [-0.4, -0.2) is 10.8 Å². The highest BCUT2D eigenvalue weighted by Crippen LogP contribution is 2.59. The molecule has 4 heteroatoms. The van der Waals surface area contributed by atoms with E-state index in [9.17, 15) is 0 Å². The van der Waals surface area contributed by atoms with Crippen LogP contribution in [0.5, 0.6) is 0 Å². The maximum Gasteiger partial charge on any atom is 0.0947 e. The Bertz CT molecular complexity index is 2290. The second kappa shape index (κ2) is 13.2. The van der Waals surface area contributed by atoms with Gasteiger partial charge in [-0.3, -0.25) is 4.99 Å². The molecule has 5 aromatic rings. The molecule has 244 valence electrons. The number of nitrogens with two attached hydrogens (primary N) is 1. The van der Waals surface area contributed by atoms with Gasteiger partial charge in [0.15, 0.2) is 0 Å². The molecule has 4 aromatic carbocycles. The second-order valence-corrected chi connectivity index (χ2v) is 14.7. The average molecular weight is 666 g/mol. The molecule has 2 N–H and O–H groups in total. The van der Waals surface area contributed by atoms with Crippen molar-refractivity contribution in [3.05, 3.63) is 190 Å². The molecule has 0 fully saturated rings. The number of hydrogen-bond acceptors (Lipinski definition) is 3. The van der Waals surface area contributed by atoms with Gasteiger partial charge >= 0.3 is 0 Å². The van der Waals surface area contributed by atoms with Crippen LogP contribution in [0.4, 0.5) is 0 Å². The summed E-state index contributed by atoms with van der Waals surface area (Å²) in [6.07, 6.45) is 27.2. The molecule has 3 nitrogen and oxygen atoms in total. The van der Waals surface area contributed by atoms with Crippen LogP contribution in [0.1, 0.15) is 64.4 Å². The number of aromatic nitrogens is 1. The van der Waals surface area contributed by atoms with Crippen molar-refractivity contribution in [2.45, 2.75) is 36.5 Å². The van der Waals surface area contributed by atoms with E-state index >= 15 is 0 Å². The summed E-state index contributed by atoms with van der Waals surface area (Å²) >= 11 is 2.06. The zero-order chi connectivity index (χ0) is 33.4. The van der Waals surface area contributed by atoms with Gasteiger partial charge in [0.2, 0.25) is 0 Å². The van der Waals surface area contributed by atoms with Crippen LogP contribution in [0.25, 0.3) is 33.8 Å². The predicted molar refractivity (Wildman–Crippen MR) is 213 cm³/mol. The summed E-state index contributed by atoms with van der Waals surface area (Å²) in [7, 11) is 0. The summed E-state index contributed by atoms with van der Waals surface area (Å²) in [5, 5.41) is 1.79.